The van der Waals surface area contributed by atoms with Crippen LogP contribution in [0.15, 0.2) is 113 Å². The molecule has 4 aromatic carbocycles. The van der Waals surface area contributed by atoms with Gasteiger partial charge in [0, 0.05) is 23.3 Å². The Hall–Kier alpha value is -4.80. The zero-order chi connectivity index (χ0) is 27.9. The number of rotatable bonds is 9. The third-order valence-corrected chi connectivity index (χ3v) is 6.79. The molecule has 0 unspecified atom stereocenters. The van der Waals surface area contributed by atoms with Gasteiger partial charge in [-0.1, -0.05) is 96.2 Å². The Morgan fingerprint density at radius 1 is 0.692 bits per heavy atom. The molecule has 11 heteroatoms. The number of para-hydroxylation sites is 1. The topological polar surface area (TPSA) is 130 Å². The Morgan fingerprint density at radius 3 is 1.87 bits per heavy atom. The molecule has 0 spiro atoms. The molecule has 0 aromatic heterocycles. The summed E-state index contributed by atoms with van der Waals surface area (Å²) >= 11 is 6.66. The first-order valence-electron chi connectivity index (χ1n) is 11.2. The van der Waals surface area contributed by atoms with Crippen LogP contribution in [0.2, 0.25) is 5.02 Å². The number of ether oxygens (including phenoxy) is 1. The zero-order valence-electron chi connectivity index (χ0n) is 19.9. The molecule has 0 aliphatic carbocycles. The fraction of sp³-hybridized carbons (Fsp3) is 0. The van der Waals surface area contributed by atoms with Gasteiger partial charge in [-0.15, -0.1) is 0 Å². The molecule has 0 radical (unpaired) electrons. The number of hydrogen-bond acceptors (Lipinski definition) is 8. The van der Waals surface area contributed by atoms with Gasteiger partial charge in [-0.3, -0.25) is 25.0 Å². The van der Waals surface area contributed by atoms with Crippen molar-refractivity contribution in [2.45, 2.75) is 4.90 Å². The number of thioether (sulfide) groups is 1. The van der Waals surface area contributed by atoms with E-state index in [-0.39, 0.29) is 37.4 Å². The van der Waals surface area contributed by atoms with Crippen LogP contribution in [-0.2, 0) is 4.74 Å². The molecule has 0 fully saturated rings. The molecule has 0 amide bonds. The minimum absolute atomic E-state index is 0.0986. The first-order chi connectivity index (χ1) is 18.8. The Labute approximate surface area is 231 Å². The molecule has 0 aliphatic rings. The molecule has 0 N–H and O–H groups in total. The van der Waals surface area contributed by atoms with E-state index in [2.05, 4.69) is 0 Å². The van der Waals surface area contributed by atoms with E-state index in [4.69, 9.17) is 16.3 Å². The third kappa shape index (κ3) is 6.38. The lowest BCUT2D eigenvalue weighted by molar-refractivity contribution is -0.387. The largest absolute Gasteiger partial charge is 0.421 e. The second-order valence-corrected chi connectivity index (χ2v) is 9.32. The van der Waals surface area contributed by atoms with Crippen molar-refractivity contribution in [1.29, 1.82) is 0 Å². The molecule has 0 saturated heterocycles. The van der Waals surface area contributed by atoms with Gasteiger partial charge in [0.1, 0.15) is 9.93 Å². The molecule has 4 rings (SSSR count). The molecule has 39 heavy (non-hydrogen) atoms. The van der Waals surface area contributed by atoms with Gasteiger partial charge in [0.05, 0.1) is 20.3 Å². The average Bonchev–Trinajstić information content (AvgIpc) is 2.95. The van der Waals surface area contributed by atoms with E-state index in [1.54, 1.807) is 66.7 Å². The van der Waals surface area contributed by atoms with E-state index < -0.39 is 27.3 Å². The van der Waals surface area contributed by atoms with Crippen molar-refractivity contribution in [3.8, 4) is 0 Å². The van der Waals surface area contributed by atoms with Crippen LogP contribution >= 0.6 is 23.4 Å². The number of hydrogen-bond donors (Lipinski definition) is 0. The summed E-state index contributed by atoms with van der Waals surface area (Å²) in [7, 11) is 0. The second kappa shape index (κ2) is 12.2. The predicted molar refractivity (Wildman–Crippen MR) is 147 cm³/mol. The van der Waals surface area contributed by atoms with E-state index in [0.717, 1.165) is 17.8 Å². The highest BCUT2D eigenvalue weighted by atomic mass is 35.5. The SMILES string of the molecule is O=C(OC(=C(Sc1ccccc1[N+](=O)[O-])C(=O)c1ccccc1)c1ccccc1)c1ccc(Cl)c([N+](=O)[O-])c1. The van der Waals surface area contributed by atoms with Crippen molar-refractivity contribution in [2.75, 3.05) is 0 Å². The minimum atomic E-state index is -0.991. The third-order valence-electron chi connectivity index (χ3n) is 5.33. The van der Waals surface area contributed by atoms with E-state index in [0.29, 0.717) is 5.56 Å². The van der Waals surface area contributed by atoms with E-state index in [9.17, 15) is 29.8 Å². The lowest BCUT2D eigenvalue weighted by Gasteiger charge is -2.15. The number of esters is 1. The molecular formula is C28H17ClN2O7S. The highest BCUT2D eigenvalue weighted by Gasteiger charge is 2.27. The number of carbonyl (C=O) groups excluding carboxylic acids is 2. The van der Waals surface area contributed by atoms with Crippen molar-refractivity contribution < 1.29 is 24.2 Å². The Morgan fingerprint density at radius 2 is 1.26 bits per heavy atom. The summed E-state index contributed by atoms with van der Waals surface area (Å²) in [6.45, 7) is 0. The van der Waals surface area contributed by atoms with E-state index >= 15 is 0 Å². The molecule has 0 heterocycles. The Balaban J connectivity index is 1.91. The van der Waals surface area contributed by atoms with Crippen LogP contribution in [0.25, 0.3) is 5.76 Å². The first-order valence-corrected chi connectivity index (χ1v) is 12.4. The predicted octanol–water partition coefficient (Wildman–Crippen LogP) is 7.36. The van der Waals surface area contributed by atoms with Gasteiger partial charge in [0.2, 0.25) is 5.78 Å². The number of nitrogens with zero attached hydrogens (tertiary/aromatic N) is 2. The van der Waals surface area contributed by atoms with Crippen LogP contribution in [0.5, 0.6) is 0 Å². The summed E-state index contributed by atoms with van der Waals surface area (Å²) in [5.41, 5.74) is -0.328. The van der Waals surface area contributed by atoms with Crippen LogP contribution in [0.3, 0.4) is 0 Å². The number of nitro groups is 2. The van der Waals surface area contributed by atoms with E-state index in [1.165, 1.54) is 30.3 Å². The van der Waals surface area contributed by atoms with Crippen molar-refractivity contribution in [3.63, 3.8) is 0 Å². The number of nitro benzene ring substituents is 2. The second-order valence-electron chi connectivity index (χ2n) is 7.86. The lowest BCUT2D eigenvalue weighted by atomic mass is 10.1. The van der Waals surface area contributed by atoms with Crippen LogP contribution in [0.4, 0.5) is 11.4 Å². The van der Waals surface area contributed by atoms with Crippen molar-refractivity contribution in [1.82, 2.24) is 0 Å². The molecule has 0 aliphatic heterocycles. The zero-order valence-corrected chi connectivity index (χ0v) is 21.4. The summed E-state index contributed by atoms with van der Waals surface area (Å²) in [6, 6.07) is 25.7. The van der Waals surface area contributed by atoms with Crippen LogP contribution in [0.1, 0.15) is 26.3 Å². The summed E-state index contributed by atoms with van der Waals surface area (Å²) in [4.78, 5) is 48.8. The number of halogens is 1. The van der Waals surface area contributed by atoms with Gasteiger partial charge in [-0.05, 0) is 18.2 Å². The number of ketones is 1. The molecule has 0 saturated carbocycles. The Bertz CT molecular complexity index is 1610. The van der Waals surface area contributed by atoms with Crippen molar-refractivity contribution in [3.05, 3.63) is 150 Å². The van der Waals surface area contributed by atoms with Gasteiger partial charge in [0.15, 0.2) is 5.76 Å². The molecule has 0 bridgehead atoms. The van der Waals surface area contributed by atoms with Gasteiger partial charge < -0.3 is 4.74 Å². The summed E-state index contributed by atoms with van der Waals surface area (Å²) in [5.74, 6) is -1.71. The summed E-state index contributed by atoms with van der Waals surface area (Å²) in [5, 5.41) is 22.9. The lowest BCUT2D eigenvalue weighted by Crippen LogP contribution is -2.11. The van der Waals surface area contributed by atoms with Gasteiger partial charge in [-0.2, -0.15) is 0 Å². The first kappa shape index (κ1) is 27.2. The number of allylic oxidation sites excluding steroid dienone is 1. The van der Waals surface area contributed by atoms with Crippen molar-refractivity contribution in [2.24, 2.45) is 0 Å². The van der Waals surface area contributed by atoms with Crippen LogP contribution in [-0.4, -0.2) is 21.6 Å². The number of Topliss-reactive ketones (excluding diaryl/α,β-unsaturated/α-hetero) is 1. The van der Waals surface area contributed by atoms with Gasteiger partial charge >= 0.3 is 5.97 Å². The van der Waals surface area contributed by atoms with Gasteiger partial charge in [-0.25, -0.2) is 4.79 Å². The molecule has 0 atom stereocenters. The maximum absolute atomic E-state index is 13.8. The maximum Gasteiger partial charge on any atom is 0.343 e. The molecule has 194 valence electrons. The number of carbonyl (C=O) groups is 2. The van der Waals surface area contributed by atoms with Crippen molar-refractivity contribution >= 4 is 52.2 Å². The van der Waals surface area contributed by atoms with Crippen LogP contribution in [0, 0.1) is 20.2 Å². The normalized spacial score (nSPS) is 11.3. The fourth-order valence-electron chi connectivity index (χ4n) is 3.48. The molecular weight excluding hydrogens is 544 g/mol. The molecule has 9 nitrogen and oxygen atoms in total. The highest BCUT2D eigenvalue weighted by molar-refractivity contribution is 8.04. The standard InChI is InChI=1S/C28H17ClN2O7S/c29-21-16-15-20(17-23(21)31(36)37)28(33)38-26(19-11-5-2-6-12-19)27(25(32)18-9-3-1-4-10-18)39-24-14-8-7-13-22(24)30(34)35/h1-17H. The number of benzene rings is 4. The van der Waals surface area contributed by atoms with Crippen LogP contribution < -0.4 is 0 Å². The minimum Gasteiger partial charge on any atom is -0.421 e. The summed E-state index contributed by atoms with van der Waals surface area (Å²) in [6.07, 6.45) is 0. The van der Waals surface area contributed by atoms with E-state index in [1.807, 2.05) is 0 Å². The monoisotopic (exact) mass is 560 g/mol. The smallest absolute Gasteiger partial charge is 0.343 e. The quantitative estimate of drug-likeness (QED) is 0.0395. The average molecular weight is 561 g/mol. The molecule has 4 aromatic rings. The maximum atomic E-state index is 13.8. The fourth-order valence-corrected chi connectivity index (χ4v) is 4.74. The van der Waals surface area contributed by atoms with Gasteiger partial charge in [0.25, 0.3) is 11.4 Å². The highest BCUT2D eigenvalue weighted by Crippen LogP contribution is 2.40. The summed E-state index contributed by atoms with van der Waals surface area (Å²) < 4.78 is 5.74. The Kier molecular flexibility index (Phi) is 8.50.